The molecule has 0 radical (unpaired) electrons. The van der Waals surface area contributed by atoms with Crippen LogP contribution in [0.1, 0.15) is 32.3 Å². The number of anilines is 2. The van der Waals surface area contributed by atoms with Crippen molar-refractivity contribution in [2.45, 2.75) is 31.6 Å². The second-order valence-electron chi connectivity index (χ2n) is 5.78. The molecule has 0 aliphatic carbocycles. The van der Waals surface area contributed by atoms with Gasteiger partial charge in [0, 0.05) is 23.2 Å². The van der Waals surface area contributed by atoms with Crippen molar-refractivity contribution in [1.82, 2.24) is 0 Å². The van der Waals surface area contributed by atoms with Gasteiger partial charge in [0.25, 0.3) is 0 Å². The van der Waals surface area contributed by atoms with E-state index in [2.05, 4.69) is 24.5 Å². The molecule has 0 aromatic heterocycles. The van der Waals surface area contributed by atoms with Crippen LogP contribution in [-0.2, 0) is 9.59 Å². The van der Waals surface area contributed by atoms with Gasteiger partial charge in [-0.1, -0.05) is 32.0 Å². The monoisotopic (exact) mass is 342 g/mol. The Morgan fingerprint density at radius 1 is 1.00 bits per heavy atom. The summed E-state index contributed by atoms with van der Waals surface area (Å²) in [5, 5.41) is 5.70. The first-order chi connectivity index (χ1) is 11.5. The molecule has 126 valence electrons. The van der Waals surface area contributed by atoms with Crippen molar-refractivity contribution in [3.63, 3.8) is 0 Å². The van der Waals surface area contributed by atoms with E-state index in [9.17, 15) is 9.59 Å². The Morgan fingerprint density at radius 2 is 1.67 bits per heavy atom. The molecule has 2 rings (SSSR count). The number of nitrogens with one attached hydrogen (secondary N) is 2. The maximum absolute atomic E-state index is 12.2. The molecule has 0 heterocycles. The summed E-state index contributed by atoms with van der Waals surface area (Å²) in [6, 6.07) is 15.3. The predicted molar refractivity (Wildman–Crippen MR) is 101 cm³/mol. The standard InChI is InChI=1S/C19H22N2O2S/c1-13(2)17-6-4-5-7-18(17)21-19(23)12-24-16-10-8-15(9-11-16)20-14(3)22/h4-11,13H,12H2,1-3H3,(H,20,22)(H,21,23). The van der Waals surface area contributed by atoms with Crippen LogP contribution in [0.4, 0.5) is 11.4 Å². The number of carbonyl (C=O) groups is 2. The van der Waals surface area contributed by atoms with Gasteiger partial charge in [-0.25, -0.2) is 0 Å². The molecule has 0 saturated heterocycles. The van der Waals surface area contributed by atoms with E-state index in [1.165, 1.54) is 18.7 Å². The molecule has 0 saturated carbocycles. The molecule has 0 unspecified atom stereocenters. The number of amides is 2. The van der Waals surface area contributed by atoms with E-state index in [0.717, 1.165) is 21.8 Å². The van der Waals surface area contributed by atoms with Crippen LogP contribution in [0.15, 0.2) is 53.4 Å². The molecular formula is C19H22N2O2S. The van der Waals surface area contributed by atoms with Crippen molar-refractivity contribution in [1.29, 1.82) is 0 Å². The quantitative estimate of drug-likeness (QED) is 0.760. The highest BCUT2D eigenvalue weighted by atomic mass is 32.2. The number of rotatable bonds is 6. The largest absolute Gasteiger partial charge is 0.326 e. The normalized spacial score (nSPS) is 10.5. The van der Waals surface area contributed by atoms with Gasteiger partial charge in [0.2, 0.25) is 11.8 Å². The Kier molecular flexibility index (Phi) is 6.44. The topological polar surface area (TPSA) is 58.2 Å². The van der Waals surface area contributed by atoms with Crippen LogP contribution in [0.5, 0.6) is 0 Å². The van der Waals surface area contributed by atoms with Gasteiger partial charge < -0.3 is 10.6 Å². The third-order valence-corrected chi connectivity index (χ3v) is 4.41. The number of carbonyl (C=O) groups excluding carboxylic acids is 2. The van der Waals surface area contributed by atoms with E-state index in [4.69, 9.17) is 0 Å². The minimum absolute atomic E-state index is 0.0287. The molecule has 5 heteroatoms. The number of benzene rings is 2. The first-order valence-corrected chi connectivity index (χ1v) is 8.83. The van der Waals surface area contributed by atoms with E-state index < -0.39 is 0 Å². The second-order valence-corrected chi connectivity index (χ2v) is 6.83. The lowest BCUT2D eigenvalue weighted by molar-refractivity contribution is -0.114. The summed E-state index contributed by atoms with van der Waals surface area (Å²) >= 11 is 1.46. The van der Waals surface area contributed by atoms with Crippen LogP contribution in [-0.4, -0.2) is 17.6 Å². The van der Waals surface area contributed by atoms with Crippen molar-refractivity contribution in [2.75, 3.05) is 16.4 Å². The summed E-state index contributed by atoms with van der Waals surface area (Å²) in [5.41, 5.74) is 2.76. The van der Waals surface area contributed by atoms with Gasteiger partial charge >= 0.3 is 0 Å². The van der Waals surface area contributed by atoms with Gasteiger partial charge in [-0.2, -0.15) is 0 Å². The highest BCUT2D eigenvalue weighted by Gasteiger charge is 2.09. The summed E-state index contributed by atoms with van der Waals surface area (Å²) in [4.78, 5) is 24.2. The first-order valence-electron chi connectivity index (χ1n) is 7.85. The van der Waals surface area contributed by atoms with E-state index >= 15 is 0 Å². The molecule has 0 atom stereocenters. The average Bonchev–Trinajstić information content (AvgIpc) is 2.54. The number of hydrogen-bond donors (Lipinski definition) is 2. The van der Waals surface area contributed by atoms with Gasteiger partial charge in [-0.15, -0.1) is 11.8 Å². The molecule has 0 bridgehead atoms. The fraction of sp³-hybridized carbons (Fsp3) is 0.263. The van der Waals surface area contributed by atoms with E-state index in [1.807, 2.05) is 48.5 Å². The second kappa shape index (κ2) is 8.55. The Morgan fingerprint density at radius 3 is 2.29 bits per heavy atom. The molecular weight excluding hydrogens is 320 g/mol. The molecule has 2 amide bonds. The highest BCUT2D eigenvalue weighted by molar-refractivity contribution is 8.00. The third kappa shape index (κ3) is 5.42. The van der Waals surface area contributed by atoms with Crippen molar-refractivity contribution < 1.29 is 9.59 Å². The Balaban J connectivity index is 1.90. The molecule has 4 nitrogen and oxygen atoms in total. The maximum atomic E-state index is 12.2. The summed E-state index contributed by atoms with van der Waals surface area (Å²) in [6.07, 6.45) is 0. The summed E-state index contributed by atoms with van der Waals surface area (Å²) in [5.74, 6) is 0.569. The molecule has 0 fully saturated rings. The van der Waals surface area contributed by atoms with E-state index in [-0.39, 0.29) is 11.8 Å². The summed E-state index contributed by atoms with van der Waals surface area (Å²) < 4.78 is 0. The highest BCUT2D eigenvalue weighted by Crippen LogP contribution is 2.25. The lowest BCUT2D eigenvalue weighted by atomic mass is 10.0. The third-order valence-electron chi connectivity index (χ3n) is 3.40. The van der Waals surface area contributed by atoms with Gasteiger partial charge in [-0.05, 0) is 41.8 Å². The molecule has 0 aliphatic rings. The fourth-order valence-electron chi connectivity index (χ4n) is 2.29. The summed E-state index contributed by atoms with van der Waals surface area (Å²) in [7, 11) is 0. The first kappa shape index (κ1) is 18.1. The zero-order valence-corrected chi connectivity index (χ0v) is 14.9. The SMILES string of the molecule is CC(=O)Nc1ccc(SCC(=O)Nc2ccccc2C(C)C)cc1. The van der Waals surface area contributed by atoms with E-state index in [0.29, 0.717) is 11.7 Å². The smallest absolute Gasteiger partial charge is 0.234 e. The Hall–Kier alpha value is -2.27. The average molecular weight is 342 g/mol. The molecule has 2 N–H and O–H groups in total. The molecule has 2 aromatic rings. The lowest BCUT2D eigenvalue weighted by Crippen LogP contribution is -2.15. The van der Waals surface area contributed by atoms with Gasteiger partial charge in [-0.3, -0.25) is 9.59 Å². The van der Waals surface area contributed by atoms with Gasteiger partial charge in [0.05, 0.1) is 5.75 Å². The molecule has 0 spiro atoms. The Labute approximate surface area is 147 Å². The summed E-state index contributed by atoms with van der Waals surface area (Å²) in [6.45, 7) is 5.69. The Bertz CT molecular complexity index is 712. The van der Waals surface area contributed by atoms with E-state index in [1.54, 1.807) is 0 Å². The predicted octanol–water partition coefficient (Wildman–Crippen LogP) is 4.50. The molecule has 2 aromatic carbocycles. The van der Waals surface area contributed by atoms with Crippen molar-refractivity contribution in [3.05, 3.63) is 54.1 Å². The zero-order chi connectivity index (χ0) is 17.5. The number of hydrogen-bond acceptors (Lipinski definition) is 3. The minimum Gasteiger partial charge on any atom is -0.326 e. The maximum Gasteiger partial charge on any atom is 0.234 e. The number of thioether (sulfide) groups is 1. The van der Waals surface area contributed by atoms with Crippen molar-refractivity contribution in [3.8, 4) is 0 Å². The van der Waals surface area contributed by atoms with Crippen LogP contribution in [0.25, 0.3) is 0 Å². The van der Waals surface area contributed by atoms with Gasteiger partial charge in [0.15, 0.2) is 0 Å². The van der Waals surface area contributed by atoms with Crippen LogP contribution >= 0.6 is 11.8 Å². The number of para-hydroxylation sites is 1. The van der Waals surface area contributed by atoms with Crippen molar-refractivity contribution >= 4 is 35.0 Å². The fourth-order valence-corrected chi connectivity index (χ4v) is 2.99. The van der Waals surface area contributed by atoms with Crippen LogP contribution < -0.4 is 10.6 Å². The molecule has 0 aliphatic heterocycles. The van der Waals surface area contributed by atoms with Crippen LogP contribution in [0.2, 0.25) is 0 Å². The zero-order valence-electron chi connectivity index (χ0n) is 14.1. The van der Waals surface area contributed by atoms with Gasteiger partial charge in [0.1, 0.15) is 0 Å². The van der Waals surface area contributed by atoms with Crippen LogP contribution in [0, 0.1) is 0 Å². The minimum atomic E-state index is -0.0985. The lowest BCUT2D eigenvalue weighted by Gasteiger charge is -2.13. The molecule has 24 heavy (non-hydrogen) atoms. The van der Waals surface area contributed by atoms with Crippen LogP contribution in [0.3, 0.4) is 0 Å². The van der Waals surface area contributed by atoms with Crippen molar-refractivity contribution in [2.24, 2.45) is 0 Å².